The van der Waals surface area contributed by atoms with Gasteiger partial charge in [-0.2, -0.15) is 0 Å². The van der Waals surface area contributed by atoms with Crippen LogP contribution in [0.1, 0.15) is 52.7 Å². The number of hydrogen-bond donors (Lipinski definition) is 0. The van der Waals surface area contributed by atoms with E-state index in [4.69, 9.17) is 13.6 Å². The Bertz CT molecular complexity index is 1220. The lowest BCUT2D eigenvalue weighted by atomic mass is 10.1. The summed E-state index contributed by atoms with van der Waals surface area (Å²) in [6.45, 7) is 32.5. The largest absolute Gasteiger partial charge is 0.543 e. The maximum Gasteiger partial charge on any atom is 0.250 e. The van der Waals surface area contributed by atoms with Crippen LogP contribution in [-0.4, -0.2) is 34.9 Å². The van der Waals surface area contributed by atoms with Gasteiger partial charge in [0.1, 0.15) is 11.5 Å². The number of rotatable bonds is 9. The molecule has 0 saturated carbocycles. The Balaban J connectivity index is 2.09. The van der Waals surface area contributed by atoms with Gasteiger partial charge in [0.05, 0.1) is 6.61 Å². The third kappa shape index (κ3) is 5.91. The highest BCUT2D eigenvalue weighted by atomic mass is 28.4. The number of hydrogen-bond acceptors (Lipinski definition) is 3. The Kier molecular flexibility index (Phi) is 8.01. The van der Waals surface area contributed by atoms with E-state index in [9.17, 15) is 0 Å². The van der Waals surface area contributed by atoms with Gasteiger partial charge >= 0.3 is 0 Å². The van der Waals surface area contributed by atoms with Crippen LogP contribution in [0.15, 0.2) is 49.6 Å². The SMILES string of the molecule is C=C(O[Si](C)(C)C(C)(C)C)c1ccc2c3ccc(C(=C)O[Si](C)(C)C(C)(C)C)cc3n(CCOC)c2c1. The molecule has 1 aromatic heterocycles. The van der Waals surface area contributed by atoms with Crippen molar-refractivity contribution in [1.82, 2.24) is 4.57 Å². The first-order valence-electron chi connectivity index (χ1n) is 13.2. The minimum atomic E-state index is -1.98. The minimum absolute atomic E-state index is 0.110. The normalized spacial score (nSPS) is 13.3. The van der Waals surface area contributed by atoms with Crippen LogP contribution in [0.25, 0.3) is 33.3 Å². The molecule has 0 aliphatic heterocycles. The van der Waals surface area contributed by atoms with Crippen LogP contribution in [0, 0.1) is 0 Å². The van der Waals surface area contributed by atoms with Crippen LogP contribution in [0.5, 0.6) is 0 Å². The van der Waals surface area contributed by atoms with Crippen LogP contribution < -0.4 is 0 Å². The third-order valence-corrected chi connectivity index (χ3v) is 17.1. The van der Waals surface area contributed by atoms with E-state index in [2.05, 4.69) is 122 Å². The molecule has 1 heterocycles. The molecular formula is C31H47NO3Si2. The van der Waals surface area contributed by atoms with Gasteiger partial charge in [-0.3, -0.25) is 0 Å². The van der Waals surface area contributed by atoms with Crippen LogP contribution >= 0.6 is 0 Å². The number of aromatic nitrogens is 1. The molecule has 3 rings (SSSR count). The van der Waals surface area contributed by atoms with Crippen molar-refractivity contribution in [1.29, 1.82) is 0 Å². The molecule has 6 heteroatoms. The molecule has 202 valence electrons. The second-order valence-corrected chi connectivity index (χ2v) is 22.6. The topological polar surface area (TPSA) is 32.6 Å². The van der Waals surface area contributed by atoms with E-state index in [0.717, 1.165) is 40.2 Å². The molecule has 0 atom stereocenters. The minimum Gasteiger partial charge on any atom is -0.543 e. The fourth-order valence-electron chi connectivity index (χ4n) is 3.91. The highest BCUT2D eigenvalue weighted by Gasteiger charge is 2.40. The highest BCUT2D eigenvalue weighted by Crippen LogP contribution is 2.41. The molecule has 3 aromatic rings. The number of benzene rings is 2. The van der Waals surface area contributed by atoms with E-state index in [1.165, 1.54) is 10.8 Å². The summed E-state index contributed by atoms with van der Waals surface area (Å²) in [5, 5.41) is 2.63. The molecule has 0 fully saturated rings. The fraction of sp³-hybridized carbons (Fsp3) is 0.484. The standard InChI is InChI=1S/C31H47NO3Si2/c1-22(34-36(10,11)30(3,4)5)24-14-16-26-27-17-15-25(23(2)35-37(12,13)31(6,7)8)21-29(27)32(18-19-33-9)28(26)20-24/h14-17,20-21H,1-2,18-19H2,3-13H3. The molecule has 0 aliphatic rings. The zero-order valence-electron chi connectivity index (χ0n) is 25.0. The average molecular weight is 538 g/mol. The highest BCUT2D eigenvalue weighted by molar-refractivity contribution is 6.75. The molecular weight excluding hydrogens is 491 g/mol. The Labute approximate surface area is 226 Å². The second kappa shape index (κ2) is 10.1. The predicted octanol–water partition coefficient (Wildman–Crippen LogP) is 9.43. The van der Waals surface area contributed by atoms with Crippen molar-refractivity contribution in [2.24, 2.45) is 0 Å². The van der Waals surface area contributed by atoms with Crippen LogP contribution in [0.2, 0.25) is 36.3 Å². The fourth-order valence-corrected chi connectivity index (χ4v) is 5.99. The van der Waals surface area contributed by atoms with Gasteiger partial charge in [0.25, 0.3) is 0 Å². The quantitative estimate of drug-likeness (QED) is 0.201. The second-order valence-electron chi connectivity index (χ2n) is 13.2. The lowest BCUT2D eigenvalue weighted by Crippen LogP contribution is -2.40. The Morgan fingerprint density at radius 1 is 0.730 bits per heavy atom. The summed E-state index contributed by atoms with van der Waals surface area (Å²) in [5.74, 6) is 1.49. The summed E-state index contributed by atoms with van der Waals surface area (Å²) in [5.41, 5.74) is 4.34. The summed E-state index contributed by atoms with van der Waals surface area (Å²) in [6, 6.07) is 13.1. The smallest absolute Gasteiger partial charge is 0.250 e. The molecule has 0 radical (unpaired) electrons. The van der Waals surface area contributed by atoms with Gasteiger partial charge in [-0.05, 0) is 48.4 Å². The lowest BCUT2D eigenvalue weighted by molar-refractivity contribution is 0.189. The monoisotopic (exact) mass is 537 g/mol. The van der Waals surface area contributed by atoms with Crippen molar-refractivity contribution >= 4 is 50.0 Å². The van der Waals surface area contributed by atoms with E-state index >= 15 is 0 Å². The summed E-state index contributed by atoms with van der Waals surface area (Å²) in [6.07, 6.45) is 0. The summed E-state index contributed by atoms with van der Waals surface area (Å²) >= 11 is 0. The Morgan fingerprint density at radius 2 is 1.11 bits per heavy atom. The van der Waals surface area contributed by atoms with Gasteiger partial charge < -0.3 is 18.2 Å². The molecule has 0 spiro atoms. The summed E-state index contributed by atoms with van der Waals surface area (Å²) in [7, 11) is -2.22. The molecule has 0 saturated heterocycles. The number of methoxy groups -OCH3 is 1. The Morgan fingerprint density at radius 3 is 1.43 bits per heavy atom. The van der Waals surface area contributed by atoms with Crippen molar-refractivity contribution in [3.05, 3.63) is 60.7 Å². The van der Waals surface area contributed by atoms with E-state index in [1.54, 1.807) is 7.11 Å². The van der Waals surface area contributed by atoms with Gasteiger partial charge in [-0.25, -0.2) is 0 Å². The van der Waals surface area contributed by atoms with E-state index in [-0.39, 0.29) is 10.1 Å². The maximum atomic E-state index is 6.54. The summed E-state index contributed by atoms with van der Waals surface area (Å²) in [4.78, 5) is 0. The molecule has 0 amide bonds. The number of fused-ring (bicyclic) bond motifs is 3. The predicted molar refractivity (Wildman–Crippen MR) is 166 cm³/mol. The van der Waals surface area contributed by atoms with Crippen molar-refractivity contribution in [3.8, 4) is 0 Å². The number of nitrogens with zero attached hydrogens (tertiary/aromatic N) is 1. The first-order valence-corrected chi connectivity index (χ1v) is 19.0. The van der Waals surface area contributed by atoms with Gasteiger partial charge in [-0.1, -0.05) is 79.0 Å². The van der Waals surface area contributed by atoms with E-state index < -0.39 is 16.6 Å². The van der Waals surface area contributed by atoms with E-state index in [0.29, 0.717) is 6.61 Å². The van der Waals surface area contributed by atoms with Crippen molar-refractivity contribution in [3.63, 3.8) is 0 Å². The summed E-state index contributed by atoms with van der Waals surface area (Å²) < 4.78 is 20.9. The van der Waals surface area contributed by atoms with Crippen molar-refractivity contribution in [2.75, 3.05) is 13.7 Å². The van der Waals surface area contributed by atoms with Crippen molar-refractivity contribution in [2.45, 2.75) is 84.4 Å². The average Bonchev–Trinajstić information content (AvgIpc) is 3.07. The van der Waals surface area contributed by atoms with Gasteiger partial charge in [-0.15, -0.1) is 0 Å². The Hall–Kier alpha value is -2.29. The van der Waals surface area contributed by atoms with Crippen LogP contribution in [0.4, 0.5) is 0 Å². The molecule has 37 heavy (non-hydrogen) atoms. The molecule has 0 N–H and O–H groups in total. The number of ether oxygens (including phenoxy) is 1. The molecule has 2 aromatic carbocycles. The van der Waals surface area contributed by atoms with Gasteiger partial charge in [0, 0.05) is 46.6 Å². The molecule has 0 unspecified atom stereocenters. The molecule has 4 nitrogen and oxygen atoms in total. The zero-order chi connectivity index (χ0) is 28.0. The maximum absolute atomic E-state index is 6.54. The van der Waals surface area contributed by atoms with E-state index in [1.807, 2.05) is 0 Å². The first-order chi connectivity index (χ1) is 16.9. The third-order valence-electron chi connectivity index (χ3n) is 8.40. The van der Waals surface area contributed by atoms with Crippen LogP contribution in [0.3, 0.4) is 0 Å². The van der Waals surface area contributed by atoms with Gasteiger partial charge in [0.15, 0.2) is 0 Å². The molecule has 0 aliphatic carbocycles. The van der Waals surface area contributed by atoms with Crippen molar-refractivity contribution < 1.29 is 13.6 Å². The first kappa shape index (κ1) is 29.3. The van der Waals surface area contributed by atoms with Gasteiger partial charge in [0.2, 0.25) is 16.6 Å². The van der Waals surface area contributed by atoms with Crippen LogP contribution in [-0.2, 0) is 20.1 Å². The molecule has 0 bridgehead atoms. The lowest BCUT2D eigenvalue weighted by Gasteiger charge is -2.37. The zero-order valence-corrected chi connectivity index (χ0v) is 27.0.